The van der Waals surface area contributed by atoms with Gasteiger partial charge in [-0.2, -0.15) is 0 Å². The summed E-state index contributed by atoms with van der Waals surface area (Å²) in [6.45, 7) is 1.64. The summed E-state index contributed by atoms with van der Waals surface area (Å²) in [7, 11) is -3.86. The van der Waals surface area contributed by atoms with Gasteiger partial charge in [-0.15, -0.1) is 0 Å². The highest BCUT2D eigenvalue weighted by Gasteiger charge is 2.40. The van der Waals surface area contributed by atoms with Crippen LogP contribution in [0.2, 0.25) is 0 Å². The van der Waals surface area contributed by atoms with Crippen molar-refractivity contribution in [1.29, 1.82) is 0 Å². The molecule has 1 unspecified atom stereocenters. The van der Waals surface area contributed by atoms with Gasteiger partial charge in [0.2, 0.25) is 22.3 Å². The molecule has 0 aromatic rings. The first-order chi connectivity index (χ1) is 16.7. The fourth-order valence-corrected chi connectivity index (χ4v) is 5.64. The molecule has 2 fully saturated rings. The normalized spacial score (nSPS) is 25.6. The summed E-state index contributed by atoms with van der Waals surface area (Å²) in [5.41, 5.74) is 0. The van der Waals surface area contributed by atoms with Gasteiger partial charge in [0.15, 0.2) is 0 Å². The number of nitrogens with zero attached hydrogens (tertiary/aromatic N) is 3. The zero-order valence-corrected chi connectivity index (χ0v) is 20.6. The van der Waals surface area contributed by atoms with E-state index in [0.717, 1.165) is 9.21 Å². The van der Waals surface area contributed by atoms with Crippen molar-refractivity contribution in [2.45, 2.75) is 64.0 Å². The number of urea groups is 1. The molecule has 3 rings (SSSR count). The summed E-state index contributed by atoms with van der Waals surface area (Å²) in [5, 5.41) is 2.51. The number of hydrogen-bond donors (Lipinski definition) is 1. The standard InChI is InChI=1S/C23H32N4O7S/c1-2-35(33,34)27-15-9-7-13-19(22(27)31)26(16-28)23(32)24-18-12-6-8-14-25(21(18)30)20(29)17-10-4-3-5-11-17/h3-5,10,16-19H,2,6-9,11-15H2,1H3,(H,24,32)/t17?,18-,19-/m0/s1. The molecule has 3 atom stereocenters. The number of carbonyl (C=O) groups excluding carboxylic acids is 5. The zero-order valence-electron chi connectivity index (χ0n) is 19.8. The highest BCUT2D eigenvalue weighted by Crippen LogP contribution is 2.22. The van der Waals surface area contributed by atoms with Crippen molar-refractivity contribution < 1.29 is 32.4 Å². The van der Waals surface area contributed by atoms with Crippen LogP contribution in [-0.4, -0.2) is 83.6 Å². The molecule has 0 aromatic heterocycles. The molecule has 3 aliphatic rings. The Morgan fingerprint density at radius 1 is 1.09 bits per heavy atom. The molecule has 2 aliphatic heterocycles. The zero-order chi connectivity index (χ0) is 25.6. The van der Waals surface area contributed by atoms with Crippen LogP contribution in [0.4, 0.5) is 4.79 Å². The molecule has 6 amide bonds. The second-order valence-electron chi connectivity index (χ2n) is 8.82. The van der Waals surface area contributed by atoms with E-state index in [0.29, 0.717) is 37.0 Å². The van der Waals surface area contributed by atoms with E-state index in [1.54, 1.807) is 12.2 Å². The highest BCUT2D eigenvalue weighted by molar-refractivity contribution is 7.89. The van der Waals surface area contributed by atoms with Gasteiger partial charge < -0.3 is 5.32 Å². The molecule has 0 bridgehead atoms. The smallest absolute Gasteiger partial charge is 0.325 e. The molecule has 35 heavy (non-hydrogen) atoms. The molecule has 2 heterocycles. The lowest BCUT2D eigenvalue weighted by Crippen LogP contribution is -2.57. The Kier molecular flexibility index (Phi) is 8.82. The highest BCUT2D eigenvalue weighted by atomic mass is 32.2. The molecule has 0 spiro atoms. The number of hydrogen-bond acceptors (Lipinski definition) is 7. The quantitative estimate of drug-likeness (QED) is 0.415. The van der Waals surface area contributed by atoms with Crippen molar-refractivity contribution >= 4 is 40.2 Å². The van der Waals surface area contributed by atoms with Crippen molar-refractivity contribution in [2.24, 2.45) is 5.92 Å². The van der Waals surface area contributed by atoms with Crippen molar-refractivity contribution in [2.75, 3.05) is 18.8 Å². The van der Waals surface area contributed by atoms with Crippen LogP contribution in [-0.2, 0) is 29.2 Å². The number of imide groups is 2. The van der Waals surface area contributed by atoms with Gasteiger partial charge in [0.1, 0.15) is 12.1 Å². The summed E-state index contributed by atoms with van der Waals surface area (Å²) in [6.07, 6.45) is 10.2. The van der Waals surface area contributed by atoms with E-state index in [-0.39, 0.29) is 44.0 Å². The van der Waals surface area contributed by atoms with E-state index in [4.69, 9.17) is 0 Å². The van der Waals surface area contributed by atoms with E-state index in [9.17, 15) is 32.4 Å². The van der Waals surface area contributed by atoms with Gasteiger partial charge in [-0.25, -0.2) is 17.5 Å². The van der Waals surface area contributed by atoms with Crippen molar-refractivity contribution in [3.8, 4) is 0 Å². The van der Waals surface area contributed by atoms with Gasteiger partial charge >= 0.3 is 6.03 Å². The van der Waals surface area contributed by atoms with E-state index < -0.39 is 45.9 Å². The molecular weight excluding hydrogens is 476 g/mol. The average molecular weight is 509 g/mol. The minimum Gasteiger partial charge on any atom is -0.326 e. The van der Waals surface area contributed by atoms with Crippen molar-refractivity contribution in [3.05, 3.63) is 24.3 Å². The van der Waals surface area contributed by atoms with Crippen LogP contribution in [0.3, 0.4) is 0 Å². The van der Waals surface area contributed by atoms with Crippen molar-refractivity contribution in [3.63, 3.8) is 0 Å². The van der Waals surface area contributed by atoms with Crippen LogP contribution >= 0.6 is 0 Å². The van der Waals surface area contributed by atoms with E-state index >= 15 is 0 Å². The fourth-order valence-electron chi connectivity index (χ4n) is 4.53. The summed E-state index contributed by atoms with van der Waals surface area (Å²) in [4.78, 5) is 65.9. The van der Waals surface area contributed by atoms with Gasteiger partial charge in [-0.3, -0.25) is 29.0 Å². The first-order valence-corrected chi connectivity index (χ1v) is 13.6. The van der Waals surface area contributed by atoms with Crippen LogP contribution in [0.15, 0.2) is 24.3 Å². The van der Waals surface area contributed by atoms with Gasteiger partial charge in [0, 0.05) is 13.1 Å². The SMILES string of the molecule is CCS(=O)(=O)N1CCCC[C@H](N(C=O)C(=O)N[C@H]2CCCCN(C(=O)C3C=CC=CC3)C2=O)C1=O. The third-order valence-corrected chi connectivity index (χ3v) is 8.32. The Hall–Kier alpha value is -3.02. The Labute approximate surface area is 205 Å². The lowest BCUT2D eigenvalue weighted by Gasteiger charge is -2.30. The summed E-state index contributed by atoms with van der Waals surface area (Å²) in [5.74, 6) is -2.49. The average Bonchev–Trinajstić information content (AvgIpc) is 3.16. The number of sulfonamides is 1. The van der Waals surface area contributed by atoms with Crippen LogP contribution in [0.25, 0.3) is 0 Å². The van der Waals surface area contributed by atoms with E-state index in [1.807, 2.05) is 12.2 Å². The van der Waals surface area contributed by atoms with Crippen LogP contribution in [0.1, 0.15) is 51.9 Å². The second kappa shape index (κ2) is 11.6. The third-order valence-electron chi connectivity index (χ3n) is 6.55. The number of carbonyl (C=O) groups is 5. The monoisotopic (exact) mass is 508 g/mol. The Bertz CT molecular complexity index is 1020. The molecule has 0 saturated carbocycles. The maximum atomic E-state index is 13.2. The van der Waals surface area contributed by atoms with Crippen LogP contribution in [0.5, 0.6) is 0 Å². The van der Waals surface area contributed by atoms with Crippen LogP contribution < -0.4 is 5.32 Å². The predicted molar refractivity (Wildman–Crippen MR) is 126 cm³/mol. The first-order valence-electron chi connectivity index (χ1n) is 12.0. The molecule has 11 nitrogen and oxygen atoms in total. The molecule has 2 saturated heterocycles. The molecular formula is C23H32N4O7S. The minimum atomic E-state index is -3.86. The minimum absolute atomic E-state index is 0.0111. The number of nitrogens with one attached hydrogen (secondary N) is 1. The summed E-state index contributed by atoms with van der Waals surface area (Å²) in [6, 6.07) is -3.31. The molecule has 0 radical (unpaired) electrons. The van der Waals surface area contributed by atoms with E-state index in [2.05, 4.69) is 5.32 Å². The van der Waals surface area contributed by atoms with Gasteiger partial charge in [0.25, 0.3) is 11.8 Å². The number of rotatable bonds is 6. The molecule has 1 aliphatic carbocycles. The van der Waals surface area contributed by atoms with Gasteiger partial charge in [-0.05, 0) is 51.9 Å². The molecule has 12 heteroatoms. The van der Waals surface area contributed by atoms with Gasteiger partial charge in [-0.1, -0.05) is 24.3 Å². The Morgan fingerprint density at radius 2 is 1.80 bits per heavy atom. The summed E-state index contributed by atoms with van der Waals surface area (Å²) < 4.78 is 25.5. The number of amides is 6. The van der Waals surface area contributed by atoms with Crippen LogP contribution in [0, 0.1) is 5.92 Å². The van der Waals surface area contributed by atoms with Gasteiger partial charge in [0.05, 0.1) is 11.7 Å². The molecule has 1 N–H and O–H groups in total. The molecule has 0 aromatic carbocycles. The summed E-state index contributed by atoms with van der Waals surface area (Å²) >= 11 is 0. The number of allylic oxidation sites excluding steroid dienone is 3. The fraction of sp³-hybridized carbons (Fsp3) is 0.609. The predicted octanol–water partition coefficient (Wildman–Crippen LogP) is 0.925. The lowest BCUT2D eigenvalue weighted by molar-refractivity contribution is -0.147. The lowest BCUT2D eigenvalue weighted by atomic mass is 9.99. The largest absolute Gasteiger partial charge is 0.326 e. The maximum absolute atomic E-state index is 13.2. The van der Waals surface area contributed by atoms with E-state index in [1.165, 1.54) is 6.92 Å². The first kappa shape index (κ1) is 26.6. The second-order valence-corrected chi connectivity index (χ2v) is 11.0. The maximum Gasteiger partial charge on any atom is 0.325 e. The molecule has 192 valence electrons. The number of likely N-dealkylation sites (tertiary alicyclic amines) is 1. The topological polar surface area (TPSA) is 141 Å². The Morgan fingerprint density at radius 3 is 2.46 bits per heavy atom. The third kappa shape index (κ3) is 5.98. The van der Waals surface area contributed by atoms with Crippen molar-refractivity contribution in [1.82, 2.24) is 19.4 Å². The Balaban J connectivity index is 1.75.